The molecule has 1 aliphatic heterocycles. The minimum atomic E-state index is 0.686. The van der Waals surface area contributed by atoms with E-state index in [-0.39, 0.29) is 0 Å². The Labute approximate surface area is 61.1 Å². The highest BCUT2D eigenvalue weighted by atomic mass is 14.8. The van der Waals surface area contributed by atoms with Crippen molar-refractivity contribution < 1.29 is 0 Å². The fourth-order valence-corrected chi connectivity index (χ4v) is 1.45. The molecular weight excluding hydrogens is 122 g/mol. The molecule has 0 saturated carbocycles. The Balaban J connectivity index is 2.27. The highest BCUT2D eigenvalue weighted by molar-refractivity contribution is 5.33. The van der Waals surface area contributed by atoms with Crippen LogP contribution in [0.4, 0.5) is 0 Å². The Hall–Kier alpha value is -0.980. The number of allylic oxidation sites excluding steroid dienone is 5. The fourth-order valence-electron chi connectivity index (χ4n) is 1.45. The van der Waals surface area contributed by atoms with Gasteiger partial charge in [-0.05, 0) is 12.0 Å². The van der Waals surface area contributed by atoms with Crippen molar-refractivity contribution >= 4 is 0 Å². The smallest absolute Gasteiger partial charge is 0.0150 e. The van der Waals surface area contributed by atoms with Gasteiger partial charge in [-0.1, -0.05) is 24.3 Å². The summed E-state index contributed by atoms with van der Waals surface area (Å²) in [6.07, 6.45) is 12.0. The first-order valence-corrected chi connectivity index (χ1v) is 3.75. The summed E-state index contributed by atoms with van der Waals surface area (Å²) in [5.74, 6) is 0.686. The summed E-state index contributed by atoms with van der Waals surface area (Å²) in [4.78, 5) is 0. The van der Waals surface area contributed by atoms with Gasteiger partial charge in [0.2, 0.25) is 0 Å². The molecule has 0 amide bonds. The first-order valence-electron chi connectivity index (χ1n) is 3.75. The van der Waals surface area contributed by atoms with E-state index in [0.29, 0.717) is 5.92 Å². The highest BCUT2D eigenvalue weighted by Crippen LogP contribution is 2.23. The van der Waals surface area contributed by atoms with Gasteiger partial charge in [0, 0.05) is 18.7 Å². The summed E-state index contributed by atoms with van der Waals surface area (Å²) in [7, 11) is 0. The minimum Gasteiger partial charge on any atom is -0.391 e. The van der Waals surface area contributed by atoms with Crippen molar-refractivity contribution in [3.8, 4) is 0 Å². The van der Waals surface area contributed by atoms with Crippen LogP contribution in [0.15, 0.2) is 36.1 Å². The van der Waals surface area contributed by atoms with Crippen molar-refractivity contribution in [2.45, 2.75) is 6.42 Å². The maximum atomic E-state index is 3.24. The van der Waals surface area contributed by atoms with Crippen molar-refractivity contribution in [1.29, 1.82) is 0 Å². The molecular formula is C9H11N. The molecule has 10 heavy (non-hydrogen) atoms. The summed E-state index contributed by atoms with van der Waals surface area (Å²) in [6.45, 7) is 1.12. The Morgan fingerprint density at radius 1 is 1.40 bits per heavy atom. The summed E-state index contributed by atoms with van der Waals surface area (Å²) in [6, 6.07) is 0. The number of rotatable bonds is 0. The van der Waals surface area contributed by atoms with Crippen LogP contribution < -0.4 is 5.32 Å². The maximum Gasteiger partial charge on any atom is 0.0150 e. The van der Waals surface area contributed by atoms with Crippen LogP contribution >= 0.6 is 0 Å². The summed E-state index contributed by atoms with van der Waals surface area (Å²) in [5.41, 5.74) is 1.42. The Kier molecular flexibility index (Phi) is 1.35. The summed E-state index contributed by atoms with van der Waals surface area (Å²) in [5, 5.41) is 3.24. The molecule has 0 aromatic rings. The lowest BCUT2D eigenvalue weighted by atomic mass is 9.90. The number of hydrogen-bond acceptors (Lipinski definition) is 1. The maximum absolute atomic E-state index is 3.24. The van der Waals surface area contributed by atoms with Crippen LogP contribution in [0.3, 0.4) is 0 Å². The molecule has 1 unspecified atom stereocenters. The fraction of sp³-hybridized carbons (Fsp3) is 0.333. The van der Waals surface area contributed by atoms with Crippen LogP contribution in [0.1, 0.15) is 6.42 Å². The lowest BCUT2D eigenvalue weighted by Gasteiger charge is -2.21. The predicted molar refractivity (Wildman–Crippen MR) is 42.5 cm³/mol. The van der Waals surface area contributed by atoms with Crippen molar-refractivity contribution in [2.75, 3.05) is 6.54 Å². The van der Waals surface area contributed by atoms with Gasteiger partial charge in [-0.2, -0.15) is 0 Å². The Bertz CT molecular complexity index is 211. The molecule has 0 spiro atoms. The molecule has 0 aromatic heterocycles. The quantitative estimate of drug-likeness (QED) is 0.529. The van der Waals surface area contributed by atoms with E-state index in [2.05, 4.69) is 35.8 Å². The second-order valence-electron chi connectivity index (χ2n) is 2.74. The van der Waals surface area contributed by atoms with Gasteiger partial charge in [0.25, 0.3) is 0 Å². The van der Waals surface area contributed by atoms with E-state index < -0.39 is 0 Å². The van der Waals surface area contributed by atoms with E-state index in [1.54, 1.807) is 0 Å². The summed E-state index contributed by atoms with van der Waals surface area (Å²) < 4.78 is 0. The largest absolute Gasteiger partial charge is 0.391 e. The monoisotopic (exact) mass is 133 g/mol. The molecule has 1 N–H and O–H groups in total. The van der Waals surface area contributed by atoms with Crippen molar-refractivity contribution in [2.24, 2.45) is 5.92 Å². The van der Waals surface area contributed by atoms with E-state index in [9.17, 15) is 0 Å². The highest BCUT2D eigenvalue weighted by Gasteiger charge is 2.13. The molecule has 1 nitrogen and oxygen atoms in total. The molecule has 1 heteroatoms. The van der Waals surface area contributed by atoms with E-state index in [1.165, 1.54) is 12.0 Å². The molecule has 0 radical (unpaired) electrons. The number of hydrogen-bond donors (Lipinski definition) is 1. The predicted octanol–water partition coefficient (Wildman–Crippen LogP) is 1.61. The first kappa shape index (κ1) is 5.78. The van der Waals surface area contributed by atoms with E-state index in [0.717, 1.165) is 6.54 Å². The van der Waals surface area contributed by atoms with Crippen LogP contribution in [0.25, 0.3) is 0 Å². The molecule has 0 saturated heterocycles. The van der Waals surface area contributed by atoms with Gasteiger partial charge in [0.05, 0.1) is 0 Å². The third kappa shape index (κ3) is 0.878. The normalized spacial score (nSPS) is 28.8. The van der Waals surface area contributed by atoms with Crippen LogP contribution in [0, 0.1) is 5.92 Å². The van der Waals surface area contributed by atoms with Gasteiger partial charge in [0.15, 0.2) is 0 Å². The third-order valence-corrected chi connectivity index (χ3v) is 2.04. The Morgan fingerprint density at radius 2 is 2.40 bits per heavy atom. The van der Waals surface area contributed by atoms with Gasteiger partial charge >= 0.3 is 0 Å². The van der Waals surface area contributed by atoms with Crippen LogP contribution in [0.2, 0.25) is 0 Å². The second kappa shape index (κ2) is 2.33. The molecule has 1 heterocycles. The molecule has 0 bridgehead atoms. The van der Waals surface area contributed by atoms with Crippen LogP contribution in [0.5, 0.6) is 0 Å². The van der Waals surface area contributed by atoms with Crippen LogP contribution in [-0.4, -0.2) is 6.54 Å². The molecule has 1 aliphatic carbocycles. The molecule has 0 aromatic carbocycles. The molecule has 2 rings (SSSR count). The van der Waals surface area contributed by atoms with Crippen molar-refractivity contribution in [3.63, 3.8) is 0 Å². The Morgan fingerprint density at radius 3 is 3.30 bits per heavy atom. The van der Waals surface area contributed by atoms with E-state index in [1.807, 2.05) is 0 Å². The van der Waals surface area contributed by atoms with Gasteiger partial charge in [-0.25, -0.2) is 0 Å². The standard InChI is InChI=1S/C9H11N/c1-2-4-9-7-10-6-5-8(9)3-1/h1-4,7-8,10H,5-6H2. The lowest BCUT2D eigenvalue weighted by molar-refractivity contribution is 0.610. The van der Waals surface area contributed by atoms with E-state index in [4.69, 9.17) is 0 Å². The average molecular weight is 133 g/mol. The first-order chi connectivity index (χ1) is 4.97. The molecule has 1 atom stereocenters. The zero-order valence-electron chi connectivity index (χ0n) is 5.88. The number of nitrogens with one attached hydrogen (secondary N) is 1. The molecule has 52 valence electrons. The SMILES string of the molecule is C1=CC2=CNCCC2C=C1. The zero-order valence-corrected chi connectivity index (χ0v) is 5.88. The molecule has 0 fully saturated rings. The topological polar surface area (TPSA) is 12.0 Å². The van der Waals surface area contributed by atoms with Crippen molar-refractivity contribution in [1.82, 2.24) is 5.32 Å². The average Bonchev–Trinajstić information content (AvgIpc) is 2.05. The molecule has 2 aliphatic rings. The van der Waals surface area contributed by atoms with E-state index >= 15 is 0 Å². The van der Waals surface area contributed by atoms with Gasteiger partial charge in [-0.3, -0.25) is 0 Å². The van der Waals surface area contributed by atoms with Gasteiger partial charge in [0.1, 0.15) is 0 Å². The number of fused-ring (bicyclic) bond motifs is 1. The van der Waals surface area contributed by atoms with Gasteiger partial charge < -0.3 is 5.32 Å². The zero-order chi connectivity index (χ0) is 6.81. The minimum absolute atomic E-state index is 0.686. The van der Waals surface area contributed by atoms with Gasteiger partial charge in [-0.15, -0.1) is 0 Å². The summed E-state index contributed by atoms with van der Waals surface area (Å²) >= 11 is 0. The van der Waals surface area contributed by atoms with Crippen molar-refractivity contribution in [3.05, 3.63) is 36.1 Å². The second-order valence-corrected chi connectivity index (χ2v) is 2.74. The third-order valence-electron chi connectivity index (χ3n) is 2.04. The lowest BCUT2D eigenvalue weighted by Crippen LogP contribution is -2.20. The van der Waals surface area contributed by atoms with Crippen LogP contribution in [-0.2, 0) is 0 Å².